The summed E-state index contributed by atoms with van der Waals surface area (Å²) in [6.45, 7) is 5.42. The van der Waals surface area contributed by atoms with Crippen molar-refractivity contribution in [1.82, 2.24) is 15.4 Å². The number of carbonyl (C=O) groups is 1. The van der Waals surface area contributed by atoms with E-state index in [-0.39, 0.29) is 30.0 Å². The van der Waals surface area contributed by atoms with Crippen LogP contribution in [0.1, 0.15) is 47.3 Å². The molecule has 176 valence electrons. The molecule has 0 saturated carbocycles. The Hall–Kier alpha value is -2.97. The van der Waals surface area contributed by atoms with Crippen LogP contribution in [0, 0.1) is 6.92 Å². The first-order valence-electron chi connectivity index (χ1n) is 11.1. The van der Waals surface area contributed by atoms with Gasteiger partial charge in [0.2, 0.25) is 0 Å². The van der Waals surface area contributed by atoms with Crippen LogP contribution in [0.5, 0.6) is 11.5 Å². The molecule has 2 aliphatic heterocycles. The van der Waals surface area contributed by atoms with E-state index in [0.29, 0.717) is 37.0 Å². The molecule has 0 radical (unpaired) electrons. The second-order valence-corrected chi connectivity index (χ2v) is 8.21. The number of carbonyl (C=O) groups excluding carboxylic acids is 1. The summed E-state index contributed by atoms with van der Waals surface area (Å²) >= 11 is 0. The molecule has 4 heterocycles. The lowest BCUT2D eigenvalue weighted by atomic mass is 10.1. The smallest absolute Gasteiger partial charge is 0.273 e. The highest BCUT2D eigenvalue weighted by Gasteiger charge is 2.26. The van der Waals surface area contributed by atoms with Crippen LogP contribution in [0.4, 0.5) is 0 Å². The van der Waals surface area contributed by atoms with Gasteiger partial charge in [-0.3, -0.25) is 9.69 Å². The molecule has 0 spiro atoms. The molecule has 1 atom stereocenters. The maximum Gasteiger partial charge on any atom is 0.273 e. The van der Waals surface area contributed by atoms with Gasteiger partial charge in [0.1, 0.15) is 24.7 Å². The standard InChI is InChI=1S/C24H27N3O5.ClH/c1-16-5-7-20(31-16)19(27-9-3-2-4-10-27)15-25-24(28)18-14-22(32-26-18)17-6-8-21-23(13-17)30-12-11-29-21;/h5-8,13-14,19H,2-4,9-12,15H2,1H3,(H,25,28);1H. The Morgan fingerprint density at radius 1 is 1.06 bits per heavy atom. The van der Waals surface area contributed by atoms with Gasteiger partial charge in [0, 0.05) is 18.2 Å². The molecule has 9 heteroatoms. The second-order valence-electron chi connectivity index (χ2n) is 8.21. The third-order valence-corrected chi connectivity index (χ3v) is 5.95. The van der Waals surface area contributed by atoms with Gasteiger partial charge in [-0.2, -0.15) is 0 Å². The number of fused-ring (bicyclic) bond motifs is 1. The fraction of sp³-hybridized carbons (Fsp3) is 0.417. The van der Waals surface area contributed by atoms with Crippen molar-refractivity contribution >= 4 is 18.3 Å². The molecule has 2 aromatic heterocycles. The van der Waals surface area contributed by atoms with E-state index in [1.165, 1.54) is 6.42 Å². The van der Waals surface area contributed by atoms with Gasteiger partial charge in [-0.15, -0.1) is 12.4 Å². The third kappa shape index (κ3) is 5.17. The minimum Gasteiger partial charge on any atom is -0.486 e. The summed E-state index contributed by atoms with van der Waals surface area (Å²) in [4.78, 5) is 15.2. The number of hydrogen-bond donors (Lipinski definition) is 1. The second kappa shape index (κ2) is 10.3. The molecule has 1 fully saturated rings. The Kier molecular flexibility index (Phi) is 7.25. The number of aromatic nitrogens is 1. The molecule has 1 saturated heterocycles. The number of furan rings is 1. The first kappa shape index (κ1) is 23.2. The number of benzene rings is 1. The molecular formula is C24H28ClN3O5. The lowest BCUT2D eigenvalue weighted by Gasteiger charge is -2.33. The van der Waals surface area contributed by atoms with Crippen molar-refractivity contribution < 1.29 is 23.2 Å². The molecular weight excluding hydrogens is 446 g/mol. The van der Waals surface area contributed by atoms with Crippen molar-refractivity contribution in [2.45, 2.75) is 32.2 Å². The molecule has 3 aromatic rings. The zero-order valence-electron chi connectivity index (χ0n) is 18.5. The third-order valence-electron chi connectivity index (χ3n) is 5.95. The number of ether oxygens (including phenoxy) is 2. The van der Waals surface area contributed by atoms with E-state index in [4.69, 9.17) is 18.4 Å². The number of halogens is 1. The number of likely N-dealkylation sites (tertiary alicyclic amines) is 1. The van der Waals surface area contributed by atoms with Crippen molar-refractivity contribution in [1.29, 1.82) is 0 Å². The summed E-state index contributed by atoms with van der Waals surface area (Å²) in [6, 6.07) is 11.1. The quantitative estimate of drug-likeness (QED) is 0.567. The van der Waals surface area contributed by atoms with Crippen LogP contribution in [0.15, 0.2) is 45.3 Å². The van der Waals surface area contributed by atoms with Crippen molar-refractivity contribution in [3.8, 4) is 22.8 Å². The zero-order chi connectivity index (χ0) is 21.9. The Bertz CT molecular complexity index is 1090. The van der Waals surface area contributed by atoms with Crippen LogP contribution in [0.3, 0.4) is 0 Å². The van der Waals surface area contributed by atoms with E-state index in [9.17, 15) is 4.79 Å². The molecule has 33 heavy (non-hydrogen) atoms. The lowest BCUT2D eigenvalue weighted by Crippen LogP contribution is -2.40. The molecule has 8 nitrogen and oxygen atoms in total. The van der Waals surface area contributed by atoms with Crippen LogP contribution < -0.4 is 14.8 Å². The van der Waals surface area contributed by atoms with Gasteiger partial charge in [0.05, 0.1) is 6.04 Å². The summed E-state index contributed by atoms with van der Waals surface area (Å²) in [5, 5.41) is 6.99. The first-order chi connectivity index (χ1) is 15.7. The normalized spacial score (nSPS) is 16.6. The zero-order valence-corrected chi connectivity index (χ0v) is 19.4. The highest BCUT2D eigenvalue weighted by molar-refractivity contribution is 5.93. The fourth-order valence-corrected chi connectivity index (χ4v) is 4.27. The van der Waals surface area contributed by atoms with Crippen molar-refractivity contribution in [3.63, 3.8) is 0 Å². The fourth-order valence-electron chi connectivity index (χ4n) is 4.27. The van der Waals surface area contributed by atoms with Crippen molar-refractivity contribution in [2.75, 3.05) is 32.8 Å². The monoisotopic (exact) mass is 473 g/mol. The predicted octanol–water partition coefficient (Wildman–Crippen LogP) is 4.39. The molecule has 1 unspecified atom stereocenters. The lowest BCUT2D eigenvalue weighted by molar-refractivity contribution is 0.0905. The van der Waals surface area contributed by atoms with Crippen LogP contribution in [0.2, 0.25) is 0 Å². The minimum atomic E-state index is -0.275. The Labute approximate surface area is 198 Å². The molecule has 1 N–H and O–H groups in total. The number of aryl methyl sites for hydroxylation is 1. The number of nitrogens with one attached hydrogen (secondary N) is 1. The highest BCUT2D eigenvalue weighted by Crippen LogP contribution is 2.34. The van der Waals surface area contributed by atoms with E-state index in [1.54, 1.807) is 6.07 Å². The average Bonchev–Trinajstić information content (AvgIpc) is 3.49. The molecule has 0 aliphatic carbocycles. The number of piperidine rings is 1. The SMILES string of the molecule is Cc1ccc(C(CNC(=O)c2cc(-c3ccc4c(c3)OCCO4)on2)N2CCCCC2)o1.Cl. The molecule has 1 amide bonds. The van der Waals surface area contributed by atoms with E-state index in [1.807, 2.05) is 37.3 Å². The maximum atomic E-state index is 12.8. The van der Waals surface area contributed by atoms with E-state index >= 15 is 0 Å². The van der Waals surface area contributed by atoms with Gasteiger partial charge in [-0.25, -0.2) is 0 Å². The summed E-state index contributed by atoms with van der Waals surface area (Å²) in [5.74, 6) is 3.34. The molecule has 5 rings (SSSR count). The van der Waals surface area contributed by atoms with Crippen LogP contribution in [-0.4, -0.2) is 48.8 Å². The maximum absolute atomic E-state index is 12.8. The van der Waals surface area contributed by atoms with E-state index < -0.39 is 0 Å². The molecule has 1 aromatic carbocycles. The summed E-state index contributed by atoms with van der Waals surface area (Å²) in [6.07, 6.45) is 3.56. The summed E-state index contributed by atoms with van der Waals surface area (Å²) < 4.78 is 22.5. The topological polar surface area (TPSA) is 90.0 Å². The van der Waals surface area contributed by atoms with Gasteiger partial charge < -0.3 is 23.7 Å². The summed E-state index contributed by atoms with van der Waals surface area (Å²) in [7, 11) is 0. The van der Waals surface area contributed by atoms with Crippen LogP contribution in [-0.2, 0) is 0 Å². The van der Waals surface area contributed by atoms with Gasteiger partial charge in [0.15, 0.2) is 23.0 Å². The number of hydrogen-bond acceptors (Lipinski definition) is 7. The van der Waals surface area contributed by atoms with Crippen LogP contribution in [0.25, 0.3) is 11.3 Å². The van der Waals surface area contributed by atoms with Crippen molar-refractivity contribution in [2.24, 2.45) is 0 Å². The Balaban J connectivity index is 0.00000259. The van der Waals surface area contributed by atoms with Crippen molar-refractivity contribution in [3.05, 3.63) is 53.6 Å². The Morgan fingerprint density at radius 3 is 2.61 bits per heavy atom. The largest absolute Gasteiger partial charge is 0.486 e. The first-order valence-corrected chi connectivity index (χ1v) is 11.1. The van der Waals surface area contributed by atoms with Crippen LogP contribution >= 0.6 is 12.4 Å². The van der Waals surface area contributed by atoms with Gasteiger partial charge in [0.25, 0.3) is 5.91 Å². The number of rotatable bonds is 6. The number of nitrogens with zero attached hydrogens (tertiary/aromatic N) is 2. The van der Waals surface area contributed by atoms with Gasteiger partial charge in [-0.1, -0.05) is 11.6 Å². The van der Waals surface area contributed by atoms with E-state index in [2.05, 4.69) is 15.4 Å². The highest BCUT2D eigenvalue weighted by atomic mass is 35.5. The Morgan fingerprint density at radius 2 is 1.85 bits per heavy atom. The predicted molar refractivity (Wildman–Crippen MR) is 124 cm³/mol. The molecule has 0 bridgehead atoms. The minimum absolute atomic E-state index is 0. The van der Waals surface area contributed by atoms with Gasteiger partial charge in [-0.05, 0) is 63.2 Å². The summed E-state index contributed by atoms with van der Waals surface area (Å²) in [5.41, 5.74) is 1.01. The molecule has 2 aliphatic rings. The van der Waals surface area contributed by atoms with Gasteiger partial charge >= 0.3 is 0 Å². The average molecular weight is 474 g/mol. The number of amides is 1. The van der Waals surface area contributed by atoms with E-state index in [0.717, 1.165) is 43.0 Å².